The minimum absolute atomic E-state index is 0.683. The van der Waals surface area contributed by atoms with Gasteiger partial charge in [-0.25, -0.2) is 14.5 Å². The Labute approximate surface area is 362 Å². The molecule has 0 N–H and O–H groups in total. The van der Waals surface area contributed by atoms with Crippen LogP contribution in [0.2, 0.25) is 0 Å². The third-order valence-corrected chi connectivity index (χ3v) is 13.1. The number of hydrogen-bond acceptors (Lipinski definition) is 4. The Kier molecular flexibility index (Phi) is 8.65. The average Bonchev–Trinajstić information content (AvgIpc) is 3.95. The number of thiophene rings is 1. The zero-order valence-electron chi connectivity index (χ0n) is 33.5. The van der Waals surface area contributed by atoms with Gasteiger partial charge in [-0.15, -0.1) is 11.3 Å². The van der Waals surface area contributed by atoms with E-state index in [1.165, 1.54) is 31.1 Å². The summed E-state index contributed by atoms with van der Waals surface area (Å²) in [4.78, 5) is 10.5. The molecule has 0 spiro atoms. The van der Waals surface area contributed by atoms with Gasteiger partial charge in [-0.1, -0.05) is 194 Å². The second-order valence-electron chi connectivity index (χ2n) is 15.6. The fourth-order valence-electron chi connectivity index (χ4n) is 8.86. The minimum Gasteiger partial charge on any atom is -0.231 e. The summed E-state index contributed by atoms with van der Waals surface area (Å²) < 4.78 is 4.72. The number of rotatable bonds is 7. The maximum Gasteiger partial charge on any atom is 0.160 e. The first-order valence-corrected chi connectivity index (χ1v) is 21.7. The zero-order chi connectivity index (χ0) is 41.0. The highest BCUT2D eigenvalue weighted by molar-refractivity contribution is 7.26. The molecule has 0 bridgehead atoms. The van der Waals surface area contributed by atoms with Crippen LogP contribution in [0.5, 0.6) is 0 Å². The van der Waals surface area contributed by atoms with E-state index in [0.29, 0.717) is 5.82 Å². The van der Waals surface area contributed by atoms with E-state index in [1.54, 1.807) is 0 Å². The van der Waals surface area contributed by atoms with E-state index in [4.69, 9.17) is 15.1 Å². The van der Waals surface area contributed by atoms with Gasteiger partial charge in [-0.05, 0) is 46.3 Å². The van der Waals surface area contributed by atoms with Crippen LogP contribution in [-0.4, -0.2) is 19.6 Å². The molecule has 0 saturated heterocycles. The molecule has 0 fully saturated rings. The first kappa shape index (κ1) is 35.9. The Bertz CT molecular complexity index is 3610. The summed E-state index contributed by atoms with van der Waals surface area (Å²) in [5, 5.41) is 10.4. The van der Waals surface area contributed by atoms with Crippen LogP contribution in [0.3, 0.4) is 0 Å². The number of aromatic nitrogens is 4. The van der Waals surface area contributed by atoms with Gasteiger partial charge in [0.25, 0.3) is 0 Å². The molecule has 4 nitrogen and oxygen atoms in total. The zero-order valence-corrected chi connectivity index (χ0v) is 34.3. The lowest BCUT2D eigenvalue weighted by molar-refractivity contribution is 0.979. The van der Waals surface area contributed by atoms with Gasteiger partial charge in [0.15, 0.2) is 5.82 Å². The second-order valence-corrected chi connectivity index (χ2v) is 16.7. The van der Waals surface area contributed by atoms with E-state index in [9.17, 15) is 0 Å². The summed E-state index contributed by atoms with van der Waals surface area (Å²) in [6.07, 6.45) is 0. The van der Waals surface area contributed by atoms with Crippen molar-refractivity contribution in [1.29, 1.82) is 0 Å². The van der Waals surface area contributed by atoms with Crippen molar-refractivity contribution in [2.24, 2.45) is 0 Å². The molecule has 62 heavy (non-hydrogen) atoms. The molecule has 0 saturated carbocycles. The van der Waals surface area contributed by atoms with Crippen molar-refractivity contribution < 1.29 is 0 Å². The van der Waals surface area contributed by atoms with Crippen LogP contribution >= 0.6 is 11.3 Å². The summed E-state index contributed by atoms with van der Waals surface area (Å²) in [7, 11) is 0. The summed E-state index contributed by atoms with van der Waals surface area (Å²) in [6, 6.07) is 77.2. The molecule has 4 aromatic heterocycles. The van der Waals surface area contributed by atoms with Crippen LogP contribution < -0.4 is 0 Å². The fraction of sp³-hybridized carbons (Fsp3) is 0. The predicted octanol–water partition coefficient (Wildman–Crippen LogP) is 15.3. The van der Waals surface area contributed by atoms with Crippen molar-refractivity contribution in [2.75, 3.05) is 0 Å². The van der Waals surface area contributed by atoms with Crippen LogP contribution in [0.15, 0.2) is 218 Å². The van der Waals surface area contributed by atoms with Crippen LogP contribution in [0, 0.1) is 0 Å². The third kappa shape index (κ3) is 6.18. The van der Waals surface area contributed by atoms with Crippen molar-refractivity contribution >= 4 is 47.8 Å². The maximum atomic E-state index is 5.45. The van der Waals surface area contributed by atoms with Crippen molar-refractivity contribution in [1.82, 2.24) is 19.6 Å². The second kappa shape index (κ2) is 14.9. The van der Waals surface area contributed by atoms with Gasteiger partial charge in [0, 0.05) is 58.9 Å². The van der Waals surface area contributed by atoms with Gasteiger partial charge in [-0.3, -0.25) is 0 Å². The Morgan fingerprint density at radius 2 is 0.952 bits per heavy atom. The molecule has 0 amide bonds. The SMILES string of the molecule is c1ccc(-c2cc(-c3ccc(-c4nn5c(-c6ccccc6)cc6ccccc6c5c4-c4ccccc4)cc3)nc(-c3cccc(-c4cccc5c4sc4ccccc45)c3)n2)cc1. The molecule has 290 valence electrons. The monoisotopic (exact) mass is 808 g/mol. The molecule has 8 aromatic carbocycles. The first-order valence-electron chi connectivity index (χ1n) is 20.9. The molecule has 0 radical (unpaired) electrons. The molecule has 0 unspecified atom stereocenters. The largest absolute Gasteiger partial charge is 0.231 e. The molecule has 0 aliphatic rings. The Morgan fingerprint density at radius 1 is 0.387 bits per heavy atom. The first-order chi connectivity index (χ1) is 30.7. The van der Waals surface area contributed by atoms with E-state index in [1.807, 2.05) is 17.4 Å². The minimum atomic E-state index is 0.683. The lowest BCUT2D eigenvalue weighted by atomic mass is 9.96. The van der Waals surface area contributed by atoms with Crippen molar-refractivity contribution in [3.05, 3.63) is 218 Å². The van der Waals surface area contributed by atoms with Crippen molar-refractivity contribution in [3.8, 4) is 78.7 Å². The normalized spacial score (nSPS) is 11.5. The highest BCUT2D eigenvalue weighted by Crippen LogP contribution is 2.43. The molecule has 4 heterocycles. The van der Waals surface area contributed by atoms with Gasteiger partial charge in [0.2, 0.25) is 0 Å². The highest BCUT2D eigenvalue weighted by atomic mass is 32.1. The number of pyridine rings is 1. The van der Waals surface area contributed by atoms with E-state index in [2.05, 4.69) is 217 Å². The lowest BCUT2D eigenvalue weighted by Gasteiger charge is -2.11. The van der Waals surface area contributed by atoms with Crippen LogP contribution in [0.4, 0.5) is 0 Å². The summed E-state index contributed by atoms with van der Waals surface area (Å²) >= 11 is 1.85. The highest BCUT2D eigenvalue weighted by Gasteiger charge is 2.22. The van der Waals surface area contributed by atoms with E-state index >= 15 is 0 Å². The molecular weight excluding hydrogens is 773 g/mol. The topological polar surface area (TPSA) is 43.1 Å². The summed E-state index contributed by atoms with van der Waals surface area (Å²) in [5.41, 5.74) is 14.5. The maximum absolute atomic E-state index is 5.45. The average molecular weight is 809 g/mol. The molecule has 0 aliphatic heterocycles. The smallest absolute Gasteiger partial charge is 0.160 e. The standard InChI is InChI=1S/C57H36N4S/c1-4-16-37(17-5-1)49-36-50(59-57(58-49)44-24-14-23-42(34-44)46-27-15-28-48-47-26-12-13-29-52(47)62-56(46)48)38-30-32-41(33-31-38)54-53(40-20-8-3-9-21-40)55-45-25-11-10-22-43(45)35-51(61(55)60-54)39-18-6-2-7-19-39/h1-36H. The molecule has 0 atom stereocenters. The van der Waals surface area contributed by atoms with E-state index in [0.717, 1.165) is 78.2 Å². The lowest BCUT2D eigenvalue weighted by Crippen LogP contribution is -1.96. The van der Waals surface area contributed by atoms with Gasteiger partial charge >= 0.3 is 0 Å². The Morgan fingerprint density at radius 3 is 1.71 bits per heavy atom. The fourth-order valence-corrected chi connectivity index (χ4v) is 10.1. The van der Waals surface area contributed by atoms with Crippen LogP contribution in [0.25, 0.3) is 115 Å². The van der Waals surface area contributed by atoms with Gasteiger partial charge < -0.3 is 0 Å². The Hall–Kier alpha value is -7.99. The number of benzene rings is 8. The Balaban J connectivity index is 1.000. The summed E-state index contributed by atoms with van der Waals surface area (Å²) in [6.45, 7) is 0. The number of hydrogen-bond donors (Lipinski definition) is 0. The van der Waals surface area contributed by atoms with E-state index in [-0.39, 0.29) is 0 Å². The summed E-state index contributed by atoms with van der Waals surface area (Å²) in [5.74, 6) is 0.683. The molecular formula is C57H36N4S. The molecule has 0 aliphatic carbocycles. The van der Waals surface area contributed by atoms with Gasteiger partial charge in [0.05, 0.1) is 22.6 Å². The van der Waals surface area contributed by atoms with Crippen LogP contribution in [0.1, 0.15) is 0 Å². The van der Waals surface area contributed by atoms with Crippen molar-refractivity contribution in [2.45, 2.75) is 0 Å². The number of fused-ring (bicyclic) bond motifs is 6. The van der Waals surface area contributed by atoms with Gasteiger partial charge in [-0.2, -0.15) is 5.10 Å². The van der Waals surface area contributed by atoms with Crippen molar-refractivity contribution in [3.63, 3.8) is 0 Å². The van der Waals surface area contributed by atoms with Gasteiger partial charge in [0.1, 0.15) is 5.69 Å². The van der Waals surface area contributed by atoms with E-state index < -0.39 is 0 Å². The molecule has 12 rings (SSSR count). The number of nitrogens with zero attached hydrogens (tertiary/aromatic N) is 4. The quantitative estimate of drug-likeness (QED) is 0.161. The molecule has 12 aromatic rings. The molecule has 5 heteroatoms. The predicted molar refractivity (Wildman–Crippen MR) is 259 cm³/mol. The third-order valence-electron chi connectivity index (χ3n) is 11.8. The van der Waals surface area contributed by atoms with Crippen LogP contribution in [-0.2, 0) is 0 Å².